The predicted molar refractivity (Wildman–Crippen MR) is 43.3 cm³/mol. The number of nitriles is 1. The fraction of sp³-hybridized carbons (Fsp3) is 0.333. The van der Waals surface area contributed by atoms with Gasteiger partial charge in [0.2, 0.25) is 0 Å². The molecule has 1 aromatic rings. The molecule has 5 heteroatoms. The zero-order chi connectivity index (χ0) is 10.8. The molecule has 0 amide bonds. The number of hydrogen-bond acceptors (Lipinski definition) is 2. The van der Waals surface area contributed by atoms with Gasteiger partial charge in [0, 0.05) is 6.20 Å². The Balaban J connectivity index is 2.96. The Morgan fingerprint density at radius 3 is 2.43 bits per heavy atom. The normalized spacial score (nSPS) is 13.4. The Morgan fingerprint density at radius 1 is 1.43 bits per heavy atom. The maximum Gasteiger partial charge on any atom is 0.433 e. The lowest BCUT2D eigenvalue weighted by atomic mass is 10.1. The molecule has 0 N–H and O–H groups in total. The van der Waals surface area contributed by atoms with Crippen LogP contribution in [0.3, 0.4) is 0 Å². The molecule has 1 rings (SSSR count). The van der Waals surface area contributed by atoms with Crippen LogP contribution in [0, 0.1) is 11.3 Å². The predicted octanol–water partition coefficient (Wildman–Crippen LogP) is 2.73. The molecule has 0 aromatic carbocycles. The Morgan fingerprint density at radius 2 is 2.07 bits per heavy atom. The summed E-state index contributed by atoms with van der Waals surface area (Å²) in [6.07, 6.45) is -3.34. The fourth-order valence-electron chi connectivity index (χ4n) is 0.904. The molecule has 0 aliphatic heterocycles. The van der Waals surface area contributed by atoms with E-state index in [1.807, 2.05) is 6.07 Å². The third kappa shape index (κ3) is 2.22. The molecule has 14 heavy (non-hydrogen) atoms. The van der Waals surface area contributed by atoms with Crippen LogP contribution in [0.4, 0.5) is 13.2 Å². The van der Waals surface area contributed by atoms with Gasteiger partial charge < -0.3 is 0 Å². The van der Waals surface area contributed by atoms with E-state index in [9.17, 15) is 13.2 Å². The maximum atomic E-state index is 12.1. The van der Waals surface area contributed by atoms with E-state index in [0.717, 1.165) is 12.3 Å². The van der Waals surface area contributed by atoms with E-state index >= 15 is 0 Å². The average molecular weight is 200 g/mol. The van der Waals surface area contributed by atoms with Gasteiger partial charge in [-0.1, -0.05) is 6.07 Å². The summed E-state index contributed by atoms with van der Waals surface area (Å²) in [5.41, 5.74) is -0.452. The zero-order valence-electron chi connectivity index (χ0n) is 7.34. The third-order valence-electron chi connectivity index (χ3n) is 1.77. The van der Waals surface area contributed by atoms with Crippen molar-refractivity contribution in [3.63, 3.8) is 0 Å². The molecule has 0 bridgehead atoms. The number of hydrogen-bond donors (Lipinski definition) is 0. The minimum absolute atomic E-state index is 0.440. The van der Waals surface area contributed by atoms with E-state index in [1.165, 1.54) is 6.07 Å². The Labute approximate surface area is 79.0 Å². The van der Waals surface area contributed by atoms with Crippen molar-refractivity contribution in [1.29, 1.82) is 5.26 Å². The minimum Gasteiger partial charge on any atom is -0.251 e. The highest BCUT2D eigenvalue weighted by molar-refractivity contribution is 5.23. The first-order chi connectivity index (χ1) is 6.45. The van der Waals surface area contributed by atoms with Crippen molar-refractivity contribution < 1.29 is 13.2 Å². The first kappa shape index (κ1) is 10.5. The molecule has 0 saturated heterocycles. The second-order valence-electron chi connectivity index (χ2n) is 2.83. The van der Waals surface area contributed by atoms with Crippen molar-refractivity contribution in [3.05, 3.63) is 29.6 Å². The first-order valence-electron chi connectivity index (χ1n) is 3.88. The second kappa shape index (κ2) is 3.66. The molecule has 1 heterocycles. The van der Waals surface area contributed by atoms with Gasteiger partial charge in [0.25, 0.3) is 0 Å². The Kier molecular flexibility index (Phi) is 2.75. The monoisotopic (exact) mass is 200 g/mol. The molecule has 74 valence electrons. The molecule has 2 nitrogen and oxygen atoms in total. The molecular formula is C9H7F3N2. The molecule has 1 atom stereocenters. The average Bonchev–Trinajstić information content (AvgIpc) is 2.15. The van der Waals surface area contributed by atoms with E-state index in [0.29, 0.717) is 5.56 Å². The first-order valence-corrected chi connectivity index (χ1v) is 3.88. The maximum absolute atomic E-state index is 12.1. The molecule has 0 aliphatic rings. The van der Waals surface area contributed by atoms with Gasteiger partial charge in [-0.25, -0.2) is 0 Å². The van der Waals surface area contributed by atoms with Crippen LogP contribution in [0.25, 0.3) is 0 Å². The van der Waals surface area contributed by atoms with Crippen LogP contribution in [0.15, 0.2) is 18.3 Å². The van der Waals surface area contributed by atoms with E-state index in [4.69, 9.17) is 5.26 Å². The number of alkyl halides is 3. The van der Waals surface area contributed by atoms with Crippen molar-refractivity contribution in [1.82, 2.24) is 4.98 Å². The lowest BCUT2D eigenvalue weighted by Crippen LogP contribution is -2.08. The van der Waals surface area contributed by atoms with Crippen molar-refractivity contribution in [2.24, 2.45) is 0 Å². The van der Waals surface area contributed by atoms with Crippen LogP contribution in [0.2, 0.25) is 0 Å². The number of nitrogens with zero attached hydrogens (tertiary/aromatic N) is 2. The molecule has 0 spiro atoms. The van der Waals surface area contributed by atoms with E-state index in [1.54, 1.807) is 6.92 Å². The molecule has 0 aliphatic carbocycles. The van der Waals surface area contributed by atoms with Crippen molar-refractivity contribution in [3.8, 4) is 6.07 Å². The fourth-order valence-corrected chi connectivity index (χ4v) is 0.904. The summed E-state index contributed by atoms with van der Waals surface area (Å²) >= 11 is 0. The Hall–Kier alpha value is -1.57. The third-order valence-corrected chi connectivity index (χ3v) is 1.77. The van der Waals surface area contributed by atoms with Crippen molar-refractivity contribution >= 4 is 0 Å². The lowest BCUT2D eigenvalue weighted by Gasteiger charge is -2.06. The number of rotatable bonds is 1. The highest BCUT2D eigenvalue weighted by atomic mass is 19.4. The molecule has 0 saturated carbocycles. The van der Waals surface area contributed by atoms with Gasteiger partial charge in [0.05, 0.1) is 12.0 Å². The van der Waals surface area contributed by atoms with E-state index in [-0.39, 0.29) is 0 Å². The topological polar surface area (TPSA) is 36.7 Å². The standard InChI is InChI=1S/C9H7F3N2/c1-6(4-13)7-2-3-8(14-5-7)9(10,11)12/h2-3,5-6H,1H3. The molecule has 0 fully saturated rings. The number of aromatic nitrogens is 1. The molecule has 0 radical (unpaired) electrons. The summed E-state index contributed by atoms with van der Waals surface area (Å²) in [6.45, 7) is 1.60. The summed E-state index contributed by atoms with van der Waals surface area (Å²) < 4.78 is 36.2. The van der Waals surface area contributed by atoms with Gasteiger partial charge in [-0.05, 0) is 18.6 Å². The number of halogens is 3. The van der Waals surface area contributed by atoms with Gasteiger partial charge in [0.1, 0.15) is 5.69 Å². The summed E-state index contributed by atoms with van der Waals surface area (Å²) in [5, 5.41) is 8.52. The van der Waals surface area contributed by atoms with Crippen LogP contribution >= 0.6 is 0 Å². The molecular weight excluding hydrogens is 193 g/mol. The van der Waals surface area contributed by atoms with Crippen molar-refractivity contribution in [2.45, 2.75) is 19.0 Å². The SMILES string of the molecule is CC(C#N)c1ccc(C(F)(F)F)nc1. The van der Waals surface area contributed by atoms with Crippen LogP contribution < -0.4 is 0 Å². The summed E-state index contributed by atoms with van der Waals surface area (Å²) in [7, 11) is 0. The van der Waals surface area contributed by atoms with Gasteiger partial charge in [-0.2, -0.15) is 18.4 Å². The molecule has 1 aromatic heterocycles. The van der Waals surface area contributed by atoms with Crippen LogP contribution in [-0.4, -0.2) is 4.98 Å². The quantitative estimate of drug-likeness (QED) is 0.698. The van der Waals surface area contributed by atoms with Crippen LogP contribution in [0.5, 0.6) is 0 Å². The zero-order valence-corrected chi connectivity index (χ0v) is 7.34. The summed E-state index contributed by atoms with van der Waals surface area (Å²) in [4.78, 5) is 3.24. The van der Waals surface area contributed by atoms with Crippen molar-refractivity contribution in [2.75, 3.05) is 0 Å². The lowest BCUT2D eigenvalue weighted by molar-refractivity contribution is -0.141. The summed E-state index contributed by atoms with van der Waals surface area (Å²) in [6, 6.07) is 4.06. The van der Waals surface area contributed by atoms with Gasteiger partial charge in [0.15, 0.2) is 0 Å². The minimum atomic E-state index is -4.42. The van der Waals surface area contributed by atoms with Gasteiger partial charge >= 0.3 is 6.18 Å². The highest BCUT2D eigenvalue weighted by Gasteiger charge is 2.32. The van der Waals surface area contributed by atoms with Gasteiger partial charge in [-0.15, -0.1) is 0 Å². The summed E-state index contributed by atoms with van der Waals surface area (Å²) in [5.74, 6) is -0.440. The van der Waals surface area contributed by atoms with E-state index < -0.39 is 17.8 Å². The number of pyridine rings is 1. The molecule has 1 unspecified atom stereocenters. The highest BCUT2D eigenvalue weighted by Crippen LogP contribution is 2.27. The Bertz CT molecular complexity index is 348. The van der Waals surface area contributed by atoms with Crippen LogP contribution in [0.1, 0.15) is 24.1 Å². The largest absolute Gasteiger partial charge is 0.433 e. The second-order valence-corrected chi connectivity index (χ2v) is 2.83. The van der Waals surface area contributed by atoms with Gasteiger partial charge in [-0.3, -0.25) is 4.98 Å². The van der Waals surface area contributed by atoms with E-state index in [2.05, 4.69) is 4.98 Å². The smallest absolute Gasteiger partial charge is 0.251 e. The van der Waals surface area contributed by atoms with Crippen LogP contribution in [-0.2, 0) is 6.18 Å².